The largest absolute Gasteiger partial charge is 0.394 e. The predicted octanol–water partition coefficient (Wildman–Crippen LogP) is 1.87. The number of hydrogen-bond donors (Lipinski definition) is 2. The zero-order valence-electron chi connectivity index (χ0n) is 8.75. The van der Waals surface area contributed by atoms with Crippen LogP contribution in [-0.4, -0.2) is 23.7 Å². The molecule has 0 aliphatic carbocycles. The third-order valence-corrected chi connectivity index (χ3v) is 2.71. The Morgan fingerprint density at radius 1 is 1.60 bits per heavy atom. The third kappa shape index (κ3) is 3.32. The first kappa shape index (κ1) is 12.2. The Balaban J connectivity index is 2.86. The fraction of sp³-hybridized carbons (Fsp3) is 0.364. The maximum absolute atomic E-state index is 11.7. The third-order valence-electron chi connectivity index (χ3n) is 2.02. The Morgan fingerprint density at radius 2 is 2.27 bits per heavy atom. The average molecular weight is 272 g/mol. The van der Waals surface area contributed by atoms with Crippen molar-refractivity contribution in [2.24, 2.45) is 0 Å². The van der Waals surface area contributed by atoms with Crippen LogP contribution in [0.3, 0.4) is 0 Å². The molecule has 0 radical (unpaired) electrons. The minimum absolute atomic E-state index is 0.0603. The maximum atomic E-state index is 11.7. The normalized spacial score (nSPS) is 12.3. The lowest BCUT2D eigenvalue weighted by atomic mass is 10.1. The molecule has 0 fully saturated rings. The lowest BCUT2D eigenvalue weighted by molar-refractivity contribution is 0.0921. The van der Waals surface area contributed by atoms with Gasteiger partial charge in [-0.2, -0.15) is 0 Å². The summed E-state index contributed by atoms with van der Waals surface area (Å²) < 4.78 is 0.760. The van der Waals surface area contributed by atoms with Gasteiger partial charge in [-0.25, -0.2) is 0 Å². The van der Waals surface area contributed by atoms with Gasteiger partial charge in [0.1, 0.15) is 0 Å². The molecule has 1 atom stereocenters. The van der Waals surface area contributed by atoms with E-state index in [1.54, 1.807) is 6.92 Å². The molecule has 82 valence electrons. The van der Waals surface area contributed by atoms with E-state index >= 15 is 0 Å². The molecule has 0 heterocycles. The van der Waals surface area contributed by atoms with Gasteiger partial charge in [-0.05, 0) is 41.9 Å². The summed E-state index contributed by atoms with van der Waals surface area (Å²) in [6, 6.07) is 5.35. The van der Waals surface area contributed by atoms with Crippen molar-refractivity contribution in [2.75, 3.05) is 6.61 Å². The Morgan fingerprint density at radius 3 is 2.87 bits per heavy atom. The van der Waals surface area contributed by atoms with E-state index in [1.165, 1.54) is 0 Å². The first-order valence-corrected chi connectivity index (χ1v) is 5.51. The molecule has 1 rings (SSSR count). The SMILES string of the molecule is Cc1ccc(Br)c(C(=O)NC(C)CO)c1. The van der Waals surface area contributed by atoms with Crippen LogP contribution in [-0.2, 0) is 0 Å². The van der Waals surface area contributed by atoms with E-state index < -0.39 is 0 Å². The van der Waals surface area contributed by atoms with Gasteiger partial charge >= 0.3 is 0 Å². The highest BCUT2D eigenvalue weighted by Crippen LogP contribution is 2.17. The smallest absolute Gasteiger partial charge is 0.252 e. The van der Waals surface area contributed by atoms with Gasteiger partial charge in [0.2, 0.25) is 0 Å². The molecule has 15 heavy (non-hydrogen) atoms. The summed E-state index contributed by atoms with van der Waals surface area (Å²) in [5.74, 6) is -0.174. The second-order valence-corrected chi connectivity index (χ2v) is 4.39. The molecule has 0 aliphatic heterocycles. The van der Waals surface area contributed by atoms with Gasteiger partial charge in [-0.3, -0.25) is 4.79 Å². The van der Waals surface area contributed by atoms with E-state index in [-0.39, 0.29) is 18.6 Å². The number of benzene rings is 1. The molecule has 1 unspecified atom stereocenters. The Bertz CT molecular complexity index is 366. The van der Waals surface area contributed by atoms with E-state index in [0.717, 1.165) is 10.0 Å². The number of amides is 1. The minimum Gasteiger partial charge on any atom is -0.394 e. The number of rotatable bonds is 3. The fourth-order valence-corrected chi connectivity index (χ4v) is 1.59. The van der Waals surface area contributed by atoms with Crippen LogP contribution in [0.25, 0.3) is 0 Å². The lowest BCUT2D eigenvalue weighted by Crippen LogP contribution is -2.35. The van der Waals surface area contributed by atoms with E-state index in [1.807, 2.05) is 25.1 Å². The molecule has 0 saturated heterocycles. The van der Waals surface area contributed by atoms with Gasteiger partial charge < -0.3 is 10.4 Å². The number of nitrogens with one attached hydrogen (secondary N) is 1. The summed E-state index contributed by atoms with van der Waals surface area (Å²) >= 11 is 3.32. The molecule has 1 aromatic rings. The van der Waals surface area contributed by atoms with E-state index in [4.69, 9.17) is 5.11 Å². The van der Waals surface area contributed by atoms with Crippen molar-refractivity contribution in [1.82, 2.24) is 5.32 Å². The van der Waals surface area contributed by atoms with Crippen LogP contribution in [0.1, 0.15) is 22.8 Å². The van der Waals surface area contributed by atoms with Gasteiger partial charge in [-0.15, -0.1) is 0 Å². The standard InChI is InChI=1S/C11H14BrNO2/c1-7-3-4-10(12)9(5-7)11(15)13-8(2)6-14/h3-5,8,14H,6H2,1-2H3,(H,13,15). The van der Waals surface area contributed by atoms with Crippen molar-refractivity contribution in [3.8, 4) is 0 Å². The van der Waals surface area contributed by atoms with Gasteiger partial charge in [0.05, 0.1) is 12.2 Å². The predicted molar refractivity (Wildman–Crippen MR) is 62.9 cm³/mol. The van der Waals surface area contributed by atoms with Gasteiger partial charge in [0.15, 0.2) is 0 Å². The molecule has 0 aromatic heterocycles. The zero-order valence-corrected chi connectivity index (χ0v) is 10.3. The van der Waals surface area contributed by atoms with Crippen molar-refractivity contribution in [3.05, 3.63) is 33.8 Å². The molecule has 0 spiro atoms. The molecule has 3 nitrogen and oxygen atoms in total. The van der Waals surface area contributed by atoms with Crippen LogP contribution in [0.5, 0.6) is 0 Å². The summed E-state index contributed by atoms with van der Waals surface area (Å²) in [6.45, 7) is 3.62. The Kier molecular flexibility index (Phi) is 4.29. The summed E-state index contributed by atoms with van der Waals surface area (Å²) in [7, 11) is 0. The van der Waals surface area contributed by atoms with Crippen molar-refractivity contribution < 1.29 is 9.90 Å². The Hall–Kier alpha value is -0.870. The highest BCUT2D eigenvalue weighted by atomic mass is 79.9. The average Bonchev–Trinajstić information content (AvgIpc) is 2.21. The quantitative estimate of drug-likeness (QED) is 0.882. The van der Waals surface area contributed by atoms with Crippen molar-refractivity contribution in [2.45, 2.75) is 19.9 Å². The van der Waals surface area contributed by atoms with E-state index in [9.17, 15) is 4.79 Å². The maximum Gasteiger partial charge on any atom is 0.252 e. The van der Waals surface area contributed by atoms with E-state index in [0.29, 0.717) is 5.56 Å². The summed E-state index contributed by atoms with van der Waals surface area (Å²) in [5, 5.41) is 11.5. The van der Waals surface area contributed by atoms with Crippen molar-refractivity contribution in [3.63, 3.8) is 0 Å². The van der Waals surface area contributed by atoms with Gasteiger partial charge in [0.25, 0.3) is 5.91 Å². The number of halogens is 1. The number of carbonyl (C=O) groups is 1. The number of aryl methyl sites for hydroxylation is 1. The van der Waals surface area contributed by atoms with Crippen LogP contribution in [0.15, 0.2) is 22.7 Å². The van der Waals surface area contributed by atoms with Crippen LogP contribution in [0, 0.1) is 6.92 Å². The number of hydrogen-bond acceptors (Lipinski definition) is 2. The second-order valence-electron chi connectivity index (χ2n) is 3.54. The highest BCUT2D eigenvalue weighted by molar-refractivity contribution is 9.10. The van der Waals surface area contributed by atoms with Gasteiger partial charge in [0, 0.05) is 10.5 Å². The van der Waals surface area contributed by atoms with Crippen LogP contribution in [0.2, 0.25) is 0 Å². The number of carbonyl (C=O) groups excluding carboxylic acids is 1. The molecule has 0 aliphatic rings. The molecular formula is C11H14BrNO2. The fourth-order valence-electron chi connectivity index (χ4n) is 1.16. The first-order chi connectivity index (χ1) is 7.04. The molecular weight excluding hydrogens is 258 g/mol. The van der Waals surface area contributed by atoms with Gasteiger partial charge in [-0.1, -0.05) is 11.6 Å². The molecule has 1 amide bonds. The van der Waals surface area contributed by atoms with Crippen LogP contribution >= 0.6 is 15.9 Å². The van der Waals surface area contributed by atoms with Crippen molar-refractivity contribution in [1.29, 1.82) is 0 Å². The molecule has 4 heteroatoms. The summed E-state index contributed by atoms with van der Waals surface area (Å²) in [5.41, 5.74) is 1.62. The monoisotopic (exact) mass is 271 g/mol. The topological polar surface area (TPSA) is 49.3 Å². The Labute approximate surface area is 97.6 Å². The highest BCUT2D eigenvalue weighted by Gasteiger charge is 2.12. The number of aliphatic hydroxyl groups is 1. The van der Waals surface area contributed by atoms with E-state index in [2.05, 4.69) is 21.2 Å². The summed E-state index contributed by atoms with van der Waals surface area (Å²) in [6.07, 6.45) is 0. The molecule has 0 bridgehead atoms. The van der Waals surface area contributed by atoms with Crippen LogP contribution < -0.4 is 5.32 Å². The molecule has 1 aromatic carbocycles. The zero-order chi connectivity index (χ0) is 11.4. The molecule has 2 N–H and O–H groups in total. The first-order valence-electron chi connectivity index (χ1n) is 4.72. The minimum atomic E-state index is -0.232. The second kappa shape index (κ2) is 5.28. The summed E-state index contributed by atoms with van der Waals surface area (Å²) in [4.78, 5) is 11.7. The van der Waals surface area contributed by atoms with Crippen LogP contribution in [0.4, 0.5) is 0 Å². The number of aliphatic hydroxyl groups excluding tert-OH is 1. The lowest BCUT2D eigenvalue weighted by Gasteiger charge is -2.12. The van der Waals surface area contributed by atoms with Crippen molar-refractivity contribution >= 4 is 21.8 Å². The molecule has 0 saturated carbocycles.